The van der Waals surface area contributed by atoms with E-state index in [1.54, 1.807) is 6.92 Å². The summed E-state index contributed by atoms with van der Waals surface area (Å²) >= 11 is 0. The van der Waals surface area contributed by atoms with E-state index in [0.717, 1.165) is 25.0 Å². The molecular weight excluding hydrogens is 293 g/mol. The SMILES string of the molecule is CCCCn1nc(C)cc(-c2cccc(C(F)(F)F)c2)c1=O. The number of halogens is 3. The highest BCUT2D eigenvalue weighted by Crippen LogP contribution is 2.31. The molecule has 6 heteroatoms. The van der Waals surface area contributed by atoms with E-state index in [9.17, 15) is 18.0 Å². The second-order valence-corrected chi connectivity index (χ2v) is 5.16. The topological polar surface area (TPSA) is 34.9 Å². The van der Waals surface area contributed by atoms with E-state index in [1.807, 2.05) is 6.92 Å². The molecule has 0 atom stereocenters. The van der Waals surface area contributed by atoms with E-state index < -0.39 is 11.7 Å². The molecule has 2 rings (SSSR count). The van der Waals surface area contributed by atoms with Crippen molar-refractivity contribution in [1.82, 2.24) is 9.78 Å². The Labute approximate surface area is 126 Å². The molecule has 2 aromatic rings. The molecule has 0 saturated carbocycles. The van der Waals surface area contributed by atoms with Gasteiger partial charge >= 0.3 is 6.18 Å². The summed E-state index contributed by atoms with van der Waals surface area (Å²) in [5.41, 5.74) is -0.0225. The van der Waals surface area contributed by atoms with Gasteiger partial charge in [0.1, 0.15) is 0 Å². The zero-order chi connectivity index (χ0) is 16.3. The Balaban J connectivity index is 2.53. The lowest BCUT2D eigenvalue weighted by Gasteiger charge is -2.11. The Bertz CT molecular complexity index is 720. The summed E-state index contributed by atoms with van der Waals surface area (Å²) in [5.74, 6) is 0. The van der Waals surface area contributed by atoms with Crippen LogP contribution in [0, 0.1) is 6.92 Å². The van der Waals surface area contributed by atoms with Crippen molar-refractivity contribution >= 4 is 0 Å². The number of aromatic nitrogens is 2. The fourth-order valence-corrected chi connectivity index (χ4v) is 2.20. The molecule has 0 unspecified atom stereocenters. The van der Waals surface area contributed by atoms with Gasteiger partial charge in [0.2, 0.25) is 0 Å². The predicted molar refractivity (Wildman–Crippen MR) is 78.6 cm³/mol. The summed E-state index contributed by atoms with van der Waals surface area (Å²) in [7, 11) is 0. The van der Waals surface area contributed by atoms with E-state index in [1.165, 1.54) is 22.9 Å². The molecule has 0 fully saturated rings. The smallest absolute Gasteiger partial charge is 0.267 e. The fourth-order valence-electron chi connectivity index (χ4n) is 2.20. The summed E-state index contributed by atoms with van der Waals surface area (Å²) in [4.78, 5) is 12.4. The van der Waals surface area contributed by atoms with Crippen molar-refractivity contribution in [1.29, 1.82) is 0 Å². The van der Waals surface area contributed by atoms with Gasteiger partial charge in [-0.1, -0.05) is 25.5 Å². The third kappa shape index (κ3) is 3.55. The normalized spacial score (nSPS) is 11.7. The maximum atomic E-state index is 12.8. The Hall–Kier alpha value is -2.11. The Morgan fingerprint density at radius 3 is 2.59 bits per heavy atom. The number of hydrogen-bond acceptors (Lipinski definition) is 2. The molecule has 0 aliphatic heterocycles. The number of rotatable bonds is 4. The molecule has 118 valence electrons. The van der Waals surface area contributed by atoms with Gasteiger partial charge in [0.25, 0.3) is 5.56 Å². The molecule has 0 aliphatic carbocycles. The van der Waals surface area contributed by atoms with Crippen molar-refractivity contribution in [2.75, 3.05) is 0 Å². The molecule has 22 heavy (non-hydrogen) atoms. The Morgan fingerprint density at radius 1 is 1.23 bits per heavy atom. The minimum atomic E-state index is -4.43. The van der Waals surface area contributed by atoms with E-state index in [2.05, 4.69) is 5.10 Å². The number of nitrogens with zero attached hydrogens (tertiary/aromatic N) is 2. The Kier molecular flexibility index (Phi) is 4.68. The summed E-state index contributed by atoms with van der Waals surface area (Å²) in [6.45, 7) is 4.18. The quantitative estimate of drug-likeness (QED) is 0.854. The summed E-state index contributed by atoms with van der Waals surface area (Å²) in [6.07, 6.45) is -2.74. The van der Waals surface area contributed by atoms with Crippen molar-refractivity contribution in [3.8, 4) is 11.1 Å². The van der Waals surface area contributed by atoms with Gasteiger partial charge in [-0.25, -0.2) is 4.68 Å². The molecule has 1 aromatic heterocycles. The van der Waals surface area contributed by atoms with Gasteiger partial charge in [-0.15, -0.1) is 0 Å². The third-order valence-corrected chi connectivity index (χ3v) is 3.32. The average molecular weight is 310 g/mol. The molecule has 0 radical (unpaired) electrons. The summed E-state index contributed by atoms with van der Waals surface area (Å²) < 4.78 is 39.8. The van der Waals surface area contributed by atoms with Gasteiger partial charge in [-0.05, 0) is 37.1 Å². The van der Waals surface area contributed by atoms with Crippen molar-refractivity contribution in [3.63, 3.8) is 0 Å². The first-order chi connectivity index (χ1) is 10.3. The van der Waals surface area contributed by atoms with Gasteiger partial charge in [0.15, 0.2) is 0 Å². The highest BCUT2D eigenvalue weighted by Gasteiger charge is 2.30. The molecular formula is C16H17F3N2O. The molecule has 3 nitrogen and oxygen atoms in total. The van der Waals surface area contributed by atoms with Gasteiger partial charge in [-0.3, -0.25) is 4.79 Å². The first kappa shape index (κ1) is 16.3. The van der Waals surface area contributed by atoms with Crippen LogP contribution in [0.4, 0.5) is 13.2 Å². The molecule has 0 spiro atoms. The number of benzene rings is 1. The highest BCUT2D eigenvalue weighted by molar-refractivity contribution is 5.63. The number of unbranched alkanes of at least 4 members (excludes halogenated alkanes) is 1. The number of aryl methyl sites for hydroxylation is 2. The lowest BCUT2D eigenvalue weighted by Crippen LogP contribution is -2.25. The van der Waals surface area contributed by atoms with E-state index in [-0.39, 0.29) is 16.7 Å². The molecule has 0 aliphatic rings. The van der Waals surface area contributed by atoms with Crippen LogP contribution in [0.3, 0.4) is 0 Å². The fraction of sp³-hybridized carbons (Fsp3) is 0.375. The zero-order valence-electron chi connectivity index (χ0n) is 12.4. The van der Waals surface area contributed by atoms with E-state index in [0.29, 0.717) is 12.2 Å². The first-order valence-corrected chi connectivity index (χ1v) is 7.09. The third-order valence-electron chi connectivity index (χ3n) is 3.32. The first-order valence-electron chi connectivity index (χ1n) is 7.09. The van der Waals surface area contributed by atoms with Crippen LogP contribution >= 0.6 is 0 Å². The second-order valence-electron chi connectivity index (χ2n) is 5.16. The minimum Gasteiger partial charge on any atom is -0.267 e. The van der Waals surface area contributed by atoms with E-state index in [4.69, 9.17) is 0 Å². The molecule has 0 amide bonds. The lowest BCUT2D eigenvalue weighted by molar-refractivity contribution is -0.137. The van der Waals surface area contributed by atoms with Crippen LogP contribution < -0.4 is 5.56 Å². The predicted octanol–water partition coefficient (Wildman–Crippen LogP) is 4.04. The van der Waals surface area contributed by atoms with Crippen molar-refractivity contribution in [2.45, 2.75) is 39.4 Å². The van der Waals surface area contributed by atoms with Crippen molar-refractivity contribution < 1.29 is 13.2 Å². The largest absolute Gasteiger partial charge is 0.416 e. The molecule has 1 aromatic carbocycles. The minimum absolute atomic E-state index is 0.245. The molecule has 0 saturated heterocycles. The van der Waals surface area contributed by atoms with Gasteiger partial charge in [0.05, 0.1) is 16.8 Å². The maximum absolute atomic E-state index is 12.8. The molecule has 1 heterocycles. The molecule has 0 N–H and O–H groups in total. The maximum Gasteiger partial charge on any atom is 0.416 e. The van der Waals surface area contributed by atoms with Crippen LogP contribution in [0.15, 0.2) is 35.1 Å². The van der Waals surface area contributed by atoms with Crippen LogP contribution in [0.2, 0.25) is 0 Å². The monoisotopic (exact) mass is 310 g/mol. The highest BCUT2D eigenvalue weighted by atomic mass is 19.4. The summed E-state index contributed by atoms with van der Waals surface area (Å²) in [6, 6.07) is 6.34. The standard InChI is InChI=1S/C16H17F3N2O/c1-3-4-8-21-15(22)14(9-11(2)20-21)12-6-5-7-13(10-12)16(17,18)19/h5-7,9-10H,3-4,8H2,1-2H3. The number of hydrogen-bond donors (Lipinski definition) is 0. The van der Waals surface area contributed by atoms with Crippen LogP contribution in [0.1, 0.15) is 31.0 Å². The van der Waals surface area contributed by atoms with Gasteiger partial charge in [0, 0.05) is 6.54 Å². The summed E-state index contributed by atoms with van der Waals surface area (Å²) in [5, 5.41) is 4.15. The van der Waals surface area contributed by atoms with Crippen LogP contribution in [0.5, 0.6) is 0 Å². The number of alkyl halides is 3. The van der Waals surface area contributed by atoms with Gasteiger partial charge in [-0.2, -0.15) is 18.3 Å². The molecule has 0 bridgehead atoms. The van der Waals surface area contributed by atoms with Crippen LogP contribution in [-0.2, 0) is 12.7 Å². The lowest BCUT2D eigenvalue weighted by atomic mass is 10.0. The average Bonchev–Trinajstić information content (AvgIpc) is 2.47. The van der Waals surface area contributed by atoms with Crippen LogP contribution in [-0.4, -0.2) is 9.78 Å². The zero-order valence-corrected chi connectivity index (χ0v) is 12.4. The van der Waals surface area contributed by atoms with E-state index >= 15 is 0 Å². The van der Waals surface area contributed by atoms with Gasteiger partial charge < -0.3 is 0 Å². The van der Waals surface area contributed by atoms with Crippen molar-refractivity contribution in [2.24, 2.45) is 0 Å². The van der Waals surface area contributed by atoms with Crippen molar-refractivity contribution in [3.05, 3.63) is 51.9 Å². The van der Waals surface area contributed by atoms with Crippen LogP contribution in [0.25, 0.3) is 11.1 Å². The Morgan fingerprint density at radius 2 is 1.95 bits per heavy atom. The second kappa shape index (κ2) is 6.34.